The molecule has 0 aromatic carbocycles. The van der Waals surface area contributed by atoms with E-state index in [1.807, 2.05) is 10.9 Å². The van der Waals surface area contributed by atoms with Crippen molar-refractivity contribution in [2.45, 2.75) is 103 Å². The summed E-state index contributed by atoms with van der Waals surface area (Å²) in [6.45, 7) is 11.4. The van der Waals surface area contributed by atoms with E-state index in [0.29, 0.717) is 0 Å². The Labute approximate surface area is 128 Å². The van der Waals surface area contributed by atoms with Gasteiger partial charge in [-0.1, -0.05) is 90.5 Å². The monoisotopic (exact) mass is 272 g/mol. The summed E-state index contributed by atoms with van der Waals surface area (Å²) in [4.78, 5) is 0. The van der Waals surface area contributed by atoms with Crippen LogP contribution in [0.2, 0.25) is 24.3 Å². The predicted octanol–water partition coefficient (Wildman–Crippen LogP) is 6.32. The van der Waals surface area contributed by atoms with Gasteiger partial charge in [0.05, 0.1) is 0 Å². The summed E-state index contributed by atoms with van der Waals surface area (Å²) in [6, 6.07) is 0. The van der Waals surface area contributed by atoms with Gasteiger partial charge in [0.2, 0.25) is 0 Å². The lowest BCUT2D eigenvalue weighted by Gasteiger charge is -2.43. The summed E-state index contributed by atoms with van der Waals surface area (Å²) in [7, 11) is 0. The molecule has 0 aliphatic carbocycles. The maximum Gasteiger partial charge on any atom is 0.175 e. The average Bonchev–Trinajstić information content (AvgIpc) is 2.47. The second-order valence-corrected chi connectivity index (χ2v) is 7.18. The van der Waals surface area contributed by atoms with Crippen LogP contribution in [0.3, 0.4) is 0 Å². The molecule has 0 radical (unpaired) electrons. The van der Waals surface area contributed by atoms with Gasteiger partial charge in [0, 0.05) is 0 Å². The molecule has 112 valence electrons. The minimum atomic E-state index is 0.859. The zero-order valence-corrected chi connectivity index (χ0v) is 14.4. The molecule has 2 rings (SSSR count). The molecular weight excluding hydrogens is 238 g/mol. The molecule has 0 saturated carbocycles. The van der Waals surface area contributed by atoms with Gasteiger partial charge in [-0.3, -0.25) is 0 Å². The van der Waals surface area contributed by atoms with Crippen molar-refractivity contribution in [3.05, 3.63) is 10.9 Å². The number of allylic oxidation sites excluding steroid dienone is 2. The zero-order valence-electron chi connectivity index (χ0n) is 14.4. The Morgan fingerprint density at radius 3 is 1.70 bits per heavy atom. The fourth-order valence-corrected chi connectivity index (χ4v) is 5.48. The molecule has 2 aliphatic rings. The number of rotatable bonds is 6. The van der Waals surface area contributed by atoms with E-state index >= 15 is 0 Å². The Bertz CT molecular complexity index is 308. The van der Waals surface area contributed by atoms with Crippen molar-refractivity contribution in [1.82, 2.24) is 0 Å². The van der Waals surface area contributed by atoms with Crippen LogP contribution in [0.25, 0.3) is 0 Å². The molecule has 0 aromatic heterocycles. The Balaban J connectivity index is 2.33. The van der Waals surface area contributed by atoms with E-state index in [-0.39, 0.29) is 0 Å². The predicted molar refractivity (Wildman–Crippen MR) is 95.3 cm³/mol. The highest BCUT2D eigenvalue weighted by atomic mass is 14.3. The van der Waals surface area contributed by atoms with Gasteiger partial charge in [-0.05, 0) is 12.8 Å². The van der Waals surface area contributed by atoms with Crippen LogP contribution in [0.1, 0.15) is 79.1 Å². The third-order valence-corrected chi connectivity index (χ3v) is 6.37. The van der Waals surface area contributed by atoms with E-state index in [2.05, 4.69) is 27.7 Å². The molecule has 2 heteroatoms. The van der Waals surface area contributed by atoms with E-state index in [0.717, 1.165) is 25.1 Å². The van der Waals surface area contributed by atoms with Gasteiger partial charge in [-0.15, -0.1) is 10.9 Å². The second kappa shape index (κ2) is 7.76. The van der Waals surface area contributed by atoms with Crippen LogP contribution in [0, 0.1) is 0 Å². The first-order valence-electron chi connectivity index (χ1n) is 9.48. The van der Waals surface area contributed by atoms with Crippen LogP contribution in [0.15, 0.2) is 10.9 Å². The van der Waals surface area contributed by atoms with Gasteiger partial charge >= 0.3 is 0 Å². The standard InChI is InChI=1S/C18H34B2/c1-5-17(19(7-3)8-4)18(6-2)20-15-11-9-12-16(20)14-10-13-15/h15-16H,5-14H2,1-4H3/b18-17-. The Morgan fingerprint density at radius 2 is 1.35 bits per heavy atom. The van der Waals surface area contributed by atoms with Crippen molar-refractivity contribution in [3.63, 3.8) is 0 Å². The maximum atomic E-state index is 2.43. The van der Waals surface area contributed by atoms with E-state index in [4.69, 9.17) is 0 Å². The largest absolute Gasteiger partial charge is 0.175 e. The summed E-state index contributed by atoms with van der Waals surface area (Å²) in [6.07, 6.45) is 14.4. The lowest BCUT2D eigenvalue weighted by atomic mass is 9.21. The fraction of sp³-hybridized carbons (Fsp3) is 0.889. The summed E-state index contributed by atoms with van der Waals surface area (Å²) in [5.41, 5.74) is 3.77. The van der Waals surface area contributed by atoms with E-state index in [1.165, 1.54) is 64.0 Å². The summed E-state index contributed by atoms with van der Waals surface area (Å²) in [5, 5.41) is 0. The molecular formula is C18H34B2. The van der Waals surface area contributed by atoms with Crippen LogP contribution < -0.4 is 0 Å². The molecule has 0 spiro atoms. The SMILES string of the molecule is CCB(CC)/C(CC)=C(/CC)B1C2CCCC1CCC2. The number of fused-ring (bicyclic) bond motifs is 2. The highest BCUT2D eigenvalue weighted by Gasteiger charge is 2.41. The minimum absolute atomic E-state index is 0.859. The van der Waals surface area contributed by atoms with Crippen molar-refractivity contribution in [1.29, 1.82) is 0 Å². The summed E-state index contributed by atoms with van der Waals surface area (Å²) < 4.78 is 0. The van der Waals surface area contributed by atoms with E-state index < -0.39 is 0 Å². The van der Waals surface area contributed by atoms with Gasteiger partial charge in [-0.25, -0.2) is 0 Å². The molecule has 2 saturated heterocycles. The third kappa shape index (κ3) is 3.20. The second-order valence-electron chi connectivity index (χ2n) is 7.18. The average molecular weight is 272 g/mol. The third-order valence-electron chi connectivity index (χ3n) is 6.37. The van der Waals surface area contributed by atoms with Crippen molar-refractivity contribution in [2.75, 3.05) is 0 Å². The summed E-state index contributed by atoms with van der Waals surface area (Å²) in [5.74, 6) is 2.07. The van der Waals surface area contributed by atoms with Crippen LogP contribution in [-0.4, -0.2) is 13.4 Å². The molecule has 0 aromatic rings. The van der Waals surface area contributed by atoms with Gasteiger partial charge in [0.1, 0.15) is 0 Å². The highest BCUT2D eigenvalue weighted by molar-refractivity contribution is 6.75. The Hall–Kier alpha value is -0.130. The molecule has 0 nitrogen and oxygen atoms in total. The van der Waals surface area contributed by atoms with Gasteiger partial charge in [0.15, 0.2) is 13.4 Å². The maximum absolute atomic E-state index is 2.43. The molecule has 0 N–H and O–H groups in total. The molecule has 20 heavy (non-hydrogen) atoms. The Kier molecular flexibility index (Phi) is 6.30. The smallest absolute Gasteiger partial charge is 0.110 e. The first-order chi connectivity index (χ1) is 9.76. The first kappa shape index (κ1) is 16.2. The molecule has 2 aliphatic heterocycles. The molecule has 0 amide bonds. The lowest BCUT2D eigenvalue weighted by molar-refractivity contribution is 0.445. The van der Waals surface area contributed by atoms with E-state index in [1.54, 1.807) is 0 Å². The molecule has 0 unspecified atom stereocenters. The van der Waals surface area contributed by atoms with Gasteiger partial charge in [0.25, 0.3) is 0 Å². The van der Waals surface area contributed by atoms with Crippen LogP contribution in [0.4, 0.5) is 0 Å². The molecule has 2 heterocycles. The van der Waals surface area contributed by atoms with E-state index in [9.17, 15) is 0 Å². The topological polar surface area (TPSA) is 0 Å². The summed E-state index contributed by atoms with van der Waals surface area (Å²) >= 11 is 0. The first-order valence-corrected chi connectivity index (χ1v) is 9.48. The molecule has 2 fully saturated rings. The Morgan fingerprint density at radius 1 is 0.850 bits per heavy atom. The van der Waals surface area contributed by atoms with Crippen LogP contribution >= 0.6 is 0 Å². The molecule has 0 atom stereocenters. The van der Waals surface area contributed by atoms with Crippen LogP contribution in [0.5, 0.6) is 0 Å². The van der Waals surface area contributed by atoms with Crippen molar-refractivity contribution in [2.24, 2.45) is 0 Å². The van der Waals surface area contributed by atoms with Gasteiger partial charge < -0.3 is 0 Å². The van der Waals surface area contributed by atoms with Gasteiger partial charge in [-0.2, -0.15) is 0 Å². The lowest BCUT2D eigenvalue weighted by Crippen LogP contribution is -2.38. The highest BCUT2D eigenvalue weighted by Crippen LogP contribution is 2.50. The van der Waals surface area contributed by atoms with Crippen molar-refractivity contribution < 1.29 is 0 Å². The zero-order chi connectivity index (χ0) is 14.5. The number of hydrogen-bond donors (Lipinski definition) is 0. The quantitative estimate of drug-likeness (QED) is 0.496. The normalized spacial score (nSPS) is 27.3. The minimum Gasteiger partial charge on any atom is -0.110 e. The van der Waals surface area contributed by atoms with Crippen molar-refractivity contribution >= 4 is 13.4 Å². The molecule has 2 bridgehead atoms. The fourth-order valence-electron chi connectivity index (χ4n) is 5.48. The number of hydrogen-bond acceptors (Lipinski definition) is 0. The van der Waals surface area contributed by atoms with Crippen LogP contribution in [-0.2, 0) is 0 Å². The van der Waals surface area contributed by atoms with Crippen molar-refractivity contribution in [3.8, 4) is 0 Å².